The van der Waals surface area contributed by atoms with E-state index < -0.39 is 5.97 Å². The number of nitrogens with two attached hydrogens (primary N) is 2. The van der Waals surface area contributed by atoms with Crippen LogP contribution in [0.15, 0.2) is 12.1 Å². The summed E-state index contributed by atoms with van der Waals surface area (Å²) in [7, 11) is 1.30. The largest absolute Gasteiger partial charge is 0.465 e. The molecule has 4 N–H and O–H groups in total. The van der Waals surface area contributed by atoms with Gasteiger partial charge in [0.05, 0.1) is 24.0 Å². The van der Waals surface area contributed by atoms with E-state index in [0.29, 0.717) is 11.3 Å². The van der Waals surface area contributed by atoms with Gasteiger partial charge in [-0.25, -0.2) is 4.79 Å². The van der Waals surface area contributed by atoms with Gasteiger partial charge in [-0.3, -0.25) is 0 Å². The van der Waals surface area contributed by atoms with E-state index in [1.807, 2.05) is 6.92 Å². The first kappa shape index (κ1) is 9.38. The molecule has 0 amide bonds. The Hall–Kier alpha value is -1.71. The highest BCUT2D eigenvalue weighted by atomic mass is 16.5. The zero-order chi connectivity index (χ0) is 10.0. The topological polar surface area (TPSA) is 78.3 Å². The van der Waals surface area contributed by atoms with E-state index in [0.717, 1.165) is 5.56 Å². The van der Waals surface area contributed by atoms with Crippen LogP contribution in [0.2, 0.25) is 0 Å². The van der Waals surface area contributed by atoms with Crippen LogP contribution in [0.4, 0.5) is 11.4 Å². The number of carbonyl (C=O) groups excluding carboxylic acids is 1. The van der Waals surface area contributed by atoms with Gasteiger partial charge in [0.2, 0.25) is 0 Å². The number of hydrogen-bond donors (Lipinski definition) is 2. The first-order chi connectivity index (χ1) is 6.07. The van der Waals surface area contributed by atoms with Crippen molar-refractivity contribution < 1.29 is 9.53 Å². The number of benzene rings is 1. The number of aryl methyl sites for hydroxylation is 1. The summed E-state index contributed by atoms with van der Waals surface area (Å²) in [6, 6.07) is 3.34. The molecule has 70 valence electrons. The van der Waals surface area contributed by atoms with Gasteiger partial charge in [-0.05, 0) is 18.6 Å². The molecule has 13 heavy (non-hydrogen) atoms. The number of carbonyl (C=O) groups is 1. The smallest absolute Gasteiger partial charge is 0.340 e. The number of rotatable bonds is 1. The van der Waals surface area contributed by atoms with Gasteiger partial charge in [0.15, 0.2) is 0 Å². The average molecular weight is 180 g/mol. The van der Waals surface area contributed by atoms with Gasteiger partial charge in [-0.2, -0.15) is 0 Å². The Morgan fingerprint density at radius 2 is 1.92 bits per heavy atom. The maximum Gasteiger partial charge on any atom is 0.340 e. The SMILES string of the molecule is COC(=O)c1ccc(C)c(N)c1N. The standard InChI is InChI=1S/C9H12N2O2/c1-5-3-4-6(9(12)13-2)8(11)7(5)10/h3-4H,10-11H2,1-2H3. The molecule has 1 aromatic rings. The molecular weight excluding hydrogens is 168 g/mol. The molecule has 0 bridgehead atoms. The molecule has 0 radical (unpaired) electrons. The van der Waals surface area contributed by atoms with Gasteiger partial charge in [-0.1, -0.05) is 6.07 Å². The van der Waals surface area contributed by atoms with E-state index in [9.17, 15) is 4.79 Å². The fourth-order valence-electron chi connectivity index (χ4n) is 1.03. The molecule has 0 aromatic heterocycles. The van der Waals surface area contributed by atoms with Crippen LogP contribution in [0, 0.1) is 6.92 Å². The molecular formula is C9H12N2O2. The van der Waals surface area contributed by atoms with E-state index in [4.69, 9.17) is 11.5 Å². The van der Waals surface area contributed by atoms with Crippen LogP contribution >= 0.6 is 0 Å². The fraction of sp³-hybridized carbons (Fsp3) is 0.222. The Kier molecular flexibility index (Phi) is 2.41. The Labute approximate surface area is 76.5 Å². The van der Waals surface area contributed by atoms with Gasteiger partial charge < -0.3 is 16.2 Å². The lowest BCUT2D eigenvalue weighted by Gasteiger charge is -2.08. The van der Waals surface area contributed by atoms with Gasteiger partial charge >= 0.3 is 5.97 Å². The van der Waals surface area contributed by atoms with Gasteiger partial charge in [0.25, 0.3) is 0 Å². The number of esters is 1. The highest BCUT2D eigenvalue weighted by molar-refractivity contribution is 5.98. The molecule has 0 unspecified atom stereocenters. The van der Waals surface area contributed by atoms with Crippen molar-refractivity contribution in [2.45, 2.75) is 6.92 Å². The summed E-state index contributed by atoms with van der Waals surface area (Å²) < 4.78 is 4.54. The minimum atomic E-state index is -0.468. The van der Waals surface area contributed by atoms with Crippen molar-refractivity contribution in [1.29, 1.82) is 0 Å². The molecule has 0 fully saturated rings. The molecule has 1 aromatic carbocycles. The number of ether oxygens (including phenoxy) is 1. The van der Waals surface area contributed by atoms with Gasteiger partial charge in [0, 0.05) is 0 Å². The Morgan fingerprint density at radius 1 is 1.31 bits per heavy atom. The molecule has 4 heteroatoms. The second-order valence-electron chi connectivity index (χ2n) is 2.75. The molecule has 0 aliphatic heterocycles. The zero-order valence-corrected chi connectivity index (χ0v) is 7.63. The summed E-state index contributed by atoms with van der Waals surface area (Å²) >= 11 is 0. The van der Waals surface area contributed by atoms with Crippen molar-refractivity contribution in [1.82, 2.24) is 0 Å². The average Bonchev–Trinajstić information content (AvgIpc) is 2.13. The highest BCUT2D eigenvalue weighted by Crippen LogP contribution is 2.23. The molecule has 0 spiro atoms. The maximum atomic E-state index is 11.1. The molecule has 0 aliphatic carbocycles. The second kappa shape index (κ2) is 3.35. The monoisotopic (exact) mass is 180 g/mol. The number of nitrogen functional groups attached to an aromatic ring is 2. The summed E-state index contributed by atoms with van der Waals surface area (Å²) in [5, 5.41) is 0. The lowest BCUT2D eigenvalue weighted by atomic mass is 10.1. The molecule has 0 heterocycles. The lowest BCUT2D eigenvalue weighted by molar-refractivity contribution is 0.0602. The fourth-order valence-corrected chi connectivity index (χ4v) is 1.03. The number of methoxy groups -OCH3 is 1. The number of hydrogen-bond acceptors (Lipinski definition) is 4. The van der Waals surface area contributed by atoms with Crippen LogP contribution in [-0.2, 0) is 4.74 Å². The summed E-state index contributed by atoms with van der Waals surface area (Å²) in [5.74, 6) is -0.468. The highest BCUT2D eigenvalue weighted by Gasteiger charge is 2.12. The predicted molar refractivity (Wildman–Crippen MR) is 51.3 cm³/mol. The summed E-state index contributed by atoms with van der Waals surface area (Å²) in [4.78, 5) is 11.1. The minimum absolute atomic E-state index is 0.284. The summed E-state index contributed by atoms with van der Waals surface area (Å²) in [5.41, 5.74) is 13.2. The quantitative estimate of drug-likeness (QED) is 0.498. The van der Waals surface area contributed by atoms with E-state index in [2.05, 4.69) is 4.74 Å². The van der Waals surface area contributed by atoms with Crippen LogP contribution in [0.25, 0.3) is 0 Å². The summed E-state index contributed by atoms with van der Waals surface area (Å²) in [6.45, 7) is 1.83. The van der Waals surface area contributed by atoms with Gasteiger partial charge in [0.1, 0.15) is 0 Å². The molecule has 4 nitrogen and oxygen atoms in total. The third kappa shape index (κ3) is 1.56. The van der Waals surface area contributed by atoms with Crippen LogP contribution < -0.4 is 11.5 Å². The third-order valence-corrected chi connectivity index (χ3v) is 1.91. The van der Waals surface area contributed by atoms with Crippen LogP contribution in [-0.4, -0.2) is 13.1 Å². The maximum absolute atomic E-state index is 11.1. The third-order valence-electron chi connectivity index (χ3n) is 1.91. The normalized spacial score (nSPS) is 9.69. The van der Waals surface area contributed by atoms with E-state index >= 15 is 0 Å². The van der Waals surface area contributed by atoms with Gasteiger partial charge in [-0.15, -0.1) is 0 Å². The van der Waals surface area contributed by atoms with Crippen molar-refractivity contribution >= 4 is 17.3 Å². The Balaban J connectivity index is 3.26. The van der Waals surface area contributed by atoms with Crippen molar-refractivity contribution in [3.8, 4) is 0 Å². The van der Waals surface area contributed by atoms with E-state index in [1.165, 1.54) is 7.11 Å². The predicted octanol–water partition coefficient (Wildman–Crippen LogP) is 0.946. The molecule has 0 atom stereocenters. The first-order valence-electron chi connectivity index (χ1n) is 3.80. The molecule has 0 aliphatic rings. The number of anilines is 2. The Bertz CT molecular complexity index is 348. The second-order valence-corrected chi connectivity index (χ2v) is 2.75. The van der Waals surface area contributed by atoms with Crippen molar-refractivity contribution in [2.24, 2.45) is 0 Å². The molecule has 0 saturated carbocycles. The van der Waals surface area contributed by atoms with Crippen LogP contribution in [0.3, 0.4) is 0 Å². The Morgan fingerprint density at radius 3 is 2.46 bits per heavy atom. The zero-order valence-electron chi connectivity index (χ0n) is 7.63. The van der Waals surface area contributed by atoms with Crippen molar-refractivity contribution in [3.05, 3.63) is 23.3 Å². The van der Waals surface area contributed by atoms with Crippen LogP contribution in [0.1, 0.15) is 15.9 Å². The van der Waals surface area contributed by atoms with Crippen LogP contribution in [0.5, 0.6) is 0 Å². The lowest BCUT2D eigenvalue weighted by Crippen LogP contribution is -2.08. The first-order valence-corrected chi connectivity index (χ1v) is 3.80. The minimum Gasteiger partial charge on any atom is -0.465 e. The molecule has 1 rings (SSSR count). The van der Waals surface area contributed by atoms with E-state index in [-0.39, 0.29) is 5.69 Å². The molecule has 0 saturated heterocycles. The summed E-state index contributed by atoms with van der Waals surface area (Å²) in [6.07, 6.45) is 0. The van der Waals surface area contributed by atoms with Crippen molar-refractivity contribution in [3.63, 3.8) is 0 Å². The van der Waals surface area contributed by atoms with E-state index in [1.54, 1.807) is 12.1 Å². The van der Waals surface area contributed by atoms with Crippen molar-refractivity contribution in [2.75, 3.05) is 18.6 Å².